The average Bonchev–Trinajstić information content (AvgIpc) is 2.15. The number of methoxy groups -OCH3 is 1. The second kappa shape index (κ2) is 5.13. The summed E-state index contributed by atoms with van der Waals surface area (Å²) in [6, 6.07) is 0. The Bertz CT molecular complexity index is 168. The largest absolute Gasteiger partial charge is 0.390 e. The molecule has 0 amide bonds. The van der Waals surface area contributed by atoms with Gasteiger partial charge in [-0.3, -0.25) is 0 Å². The van der Waals surface area contributed by atoms with E-state index >= 15 is 0 Å². The standard InChI is InChI=1S/C12H24O2/c1-10(2)6-8-12(13)7-4-5-11(9-12)14-3/h10-11,13H,4-9H2,1-3H3. The third kappa shape index (κ3) is 3.58. The Morgan fingerprint density at radius 3 is 2.79 bits per heavy atom. The van der Waals surface area contributed by atoms with Crippen molar-refractivity contribution in [3.63, 3.8) is 0 Å². The molecule has 1 N–H and O–H groups in total. The zero-order valence-corrected chi connectivity index (χ0v) is 9.75. The fourth-order valence-corrected chi connectivity index (χ4v) is 2.27. The molecular formula is C12H24O2. The van der Waals surface area contributed by atoms with E-state index in [2.05, 4.69) is 13.8 Å². The van der Waals surface area contributed by atoms with Gasteiger partial charge in [-0.15, -0.1) is 0 Å². The third-order valence-electron chi connectivity index (χ3n) is 3.30. The van der Waals surface area contributed by atoms with Crippen molar-refractivity contribution >= 4 is 0 Å². The zero-order chi connectivity index (χ0) is 10.6. The molecule has 84 valence electrons. The summed E-state index contributed by atoms with van der Waals surface area (Å²) >= 11 is 0. The van der Waals surface area contributed by atoms with Crippen molar-refractivity contribution in [2.45, 2.75) is 64.1 Å². The Hall–Kier alpha value is -0.0800. The smallest absolute Gasteiger partial charge is 0.0672 e. The molecule has 0 radical (unpaired) electrons. The summed E-state index contributed by atoms with van der Waals surface area (Å²) in [5.74, 6) is 0.682. The fraction of sp³-hybridized carbons (Fsp3) is 1.00. The molecule has 0 aromatic heterocycles. The Morgan fingerprint density at radius 2 is 2.21 bits per heavy atom. The predicted molar refractivity (Wildman–Crippen MR) is 58.3 cm³/mol. The summed E-state index contributed by atoms with van der Waals surface area (Å²) in [4.78, 5) is 0. The van der Waals surface area contributed by atoms with Gasteiger partial charge in [-0.25, -0.2) is 0 Å². The number of ether oxygens (including phenoxy) is 1. The molecule has 0 bridgehead atoms. The highest BCUT2D eigenvalue weighted by atomic mass is 16.5. The quantitative estimate of drug-likeness (QED) is 0.756. The molecule has 2 atom stereocenters. The molecule has 1 saturated carbocycles. The van der Waals surface area contributed by atoms with Crippen LogP contribution in [0.5, 0.6) is 0 Å². The first-order valence-corrected chi connectivity index (χ1v) is 5.81. The van der Waals surface area contributed by atoms with Crippen LogP contribution in [0.3, 0.4) is 0 Å². The van der Waals surface area contributed by atoms with Gasteiger partial charge in [0.15, 0.2) is 0 Å². The maximum atomic E-state index is 10.3. The van der Waals surface area contributed by atoms with Crippen molar-refractivity contribution in [2.75, 3.05) is 7.11 Å². The minimum atomic E-state index is -0.441. The highest BCUT2D eigenvalue weighted by Crippen LogP contribution is 2.34. The molecule has 2 heteroatoms. The van der Waals surface area contributed by atoms with Crippen molar-refractivity contribution in [1.29, 1.82) is 0 Å². The van der Waals surface area contributed by atoms with E-state index in [4.69, 9.17) is 4.74 Å². The van der Waals surface area contributed by atoms with Gasteiger partial charge < -0.3 is 9.84 Å². The summed E-state index contributed by atoms with van der Waals surface area (Å²) < 4.78 is 5.33. The van der Waals surface area contributed by atoms with Gasteiger partial charge in [0.25, 0.3) is 0 Å². The van der Waals surface area contributed by atoms with E-state index in [-0.39, 0.29) is 6.10 Å². The van der Waals surface area contributed by atoms with Gasteiger partial charge in [-0.1, -0.05) is 13.8 Å². The minimum Gasteiger partial charge on any atom is -0.390 e. The summed E-state index contributed by atoms with van der Waals surface area (Å²) in [6.07, 6.45) is 6.34. The van der Waals surface area contributed by atoms with E-state index in [1.165, 1.54) is 0 Å². The highest BCUT2D eigenvalue weighted by molar-refractivity contribution is 4.86. The van der Waals surface area contributed by atoms with E-state index in [9.17, 15) is 5.11 Å². The second-order valence-electron chi connectivity index (χ2n) is 5.11. The highest BCUT2D eigenvalue weighted by Gasteiger charge is 2.33. The molecule has 0 aromatic carbocycles. The maximum absolute atomic E-state index is 10.3. The zero-order valence-electron chi connectivity index (χ0n) is 9.75. The van der Waals surface area contributed by atoms with Crippen LogP contribution in [-0.4, -0.2) is 23.9 Å². The Kier molecular flexibility index (Phi) is 4.39. The number of rotatable bonds is 4. The molecule has 1 aliphatic rings. The van der Waals surface area contributed by atoms with Crippen molar-refractivity contribution in [2.24, 2.45) is 5.92 Å². The lowest BCUT2D eigenvalue weighted by Gasteiger charge is -2.36. The summed E-state index contributed by atoms with van der Waals surface area (Å²) in [5.41, 5.74) is -0.441. The van der Waals surface area contributed by atoms with Crippen LogP contribution < -0.4 is 0 Å². The van der Waals surface area contributed by atoms with Gasteiger partial charge in [0.05, 0.1) is 11.7 Å². The molecular weight excluding hydrogens is 176 g/mol. The van der Waals surface area contributed by atoms with Crippen LogP contribution in [0, 0.1) is 5.92 Å². The lowest BCUT2D eigenvalue weighted by atomic mass is 9.79. The molecule has 0 heterocycles. The lowest BCUT2D eigenvalue weighted by molar-refractivity contribution is -0.0656. The van der Waals surface area contributed by atoms with Crippen LogP contribution >= 0.6 is 0 Å². The van der Waals surface area contributed by atoms with E-state index in [0.717, 1.165) is 38.5 Å². The van der Waals surface area contributed by atoms with E-state index in [1.807, 2.05) is 0 Å². The fourth-order valence-electron chi connectivity index (χ4n) is 2.27. The Labute approximate surface area is 87.7 Å². The molecule has 0 saturated heterocycles. The van der Waals surface area contributed by atoms with Crippen LogP contribution in [0.4, 0.5) is 0 Å². The summed E-state index contributed by atoms with van der Waals surface area (Å²) in [6.45, 7) is 4.42. The number of aliphatic hydroxyl groups is 1. The summed E-state index contributed by atoms with van der Waals surface area (Å²) in [5, 5.41) is 10.3. The van der Waals surface area contributed by atoms with Crippen molar-refractivity contribution in [3.8, 4) is 0 Å². The first-order chi connectivity index (χ1) is 6.56. The van der Waals surface area contributed by atoms with Gasteiger partial charge in [0.1, 0.15) is 0 Å². The van der Waals surface area contributed by atoms with Crippen LogP contribution in [0.1, 0.15) is 52.4 Å². The molecule has 2 unspecified atom stereocenters. The Balaban J connectivity index is 2.38. The Morgan fingerprint density at radius 1 is 1.50 bits per heavy atom. The SMILES string of the molecule is COC1CCCC(O)(CCC(C)C)C1. The topological polar surface area (TPSA) is 29.5 Å². The molecule has 1 rings (SSSR count). The molecule has 1 aliphatic carbocycles. The van der Waals surface area contributed by atoms with Gasteiger partial charge in [-0.2, -0.15) is 0 Å². The lowest BCUT2D eigenvalue weighted by Crippen LogP contribution is -2.38. The van der Waals surface area contributed by atoms with Crippen molar-refractivity contribution < 1.29 is 9.84 Å². The molecule has 2 nitrogen and oxygen atoms in total. The van der Waals surface area contributed by atoms with Crippen LogP contribution in [0.15, 0.2) is 0 Å². The third-order valence-corrected chi connectivity index (χ3v) is 3.30. The second-order valence-corrected chi connectivity index (χ2v) is 5.11. The number of hydrogen-bond acceptors (Lipinski definition) is 2. The van der Waals surface area contributed by atoms with Gasteiger partial charge in [0, 0.05) is 13.5 Å². The first kappa shape index (κ1) is 12.0. The summed E-state index contributed by atoms with van der Waals surface area (Å²) in [7, 11) is 1.75. The van der Waals surface area contributed by atoms with Crippen LogP contribution in [0.2, 0.25) is 0 Å². The number of hydrogen-bond donors (Lipinski definition) is 1. The van der Waals surface area contributed by atoms with Crippen LogP contribution in [-0.2, 0) is 4.74 Å². The van der Waals surface area contributed by atoms with Crippen molar-refractivity contribution in [3.05, 3.63) is 0 Å². The average molecular weight is 200 g/mol. The predicted octanol–water partition coefficient (Wildman–Crippen LogP) is 2.74. The van der Waals surface area contributed by atoms with E-state index in [1.54, 1.807) is 7.11 Å². The molecule has 0 aliphatic heterocycles. The molecule has 0 spiro atoms. The van der Waals surface area contributed by atoms with Gasteiger partial charge in [0.2, 0.25) is 0 Å². The molecule has 0 aromatic rings. The van der Waals surface area contributed by atoms with Gasteiger partial charge >= 0.3 is 0 Å². The van der Waals surface area contributed by atoms with Crippen molar-refractivity contribution in [1.82, 2.24) is 0 Å². The maximum Gasteiger partial charge on any atom is 0.0672 e. The minimum absolute atomic E-state index is 0.279. The van der Waals surface area contributed by atoms with Crippen LogP contribution in [0.25, 0.3) is 0 Å². The molecule has 1 fully saturated rings. The van der Waals surface area contributed by atoms with Gasteiger partial charge in [-0.05, 0) is 38.0 Å². The normalized spacial score (nSPS) is 33.6. The monoisotopic (exact) mass is 200 g/mol. The van der Waals surface area contributed by atoms with E-state index < -0.39 is 5.60 Å². The first-order valence-electron chi connectivity index (χ1n) is 5.81. The van der Waals surface area contributed by atoms with E-state index in [0.29, 0.717) is 5.92 Å². The molecule has 14 heavy (non-hydrogen) atoms.